The van der Waals surface area contributed by atoms with Gasteiger partial charge >= 0.3 is 0 Å². The lowest BCUT2D eigenvalue weighted by Crippen LogP contribution is -2.13. The van der Waals surface area contributed by atoms with Crippen molar-refractivity contribution in [1.82, 2.24) is 0 Å². The molecule has 0 aliphatic heterocycles. The predicted molar refractivity (Wildman–Crippen MR) is 145 cm³/mol. The minimum atomic E-state index is -0.598. The van der Waals surface area contributed by atoms with Crippen LogP contribution in [0.25, 0.3) is 6.08 Å². The summed E-state index contributed by atoms with van der Waals surface area (Å²) in [6.07, 6.45) is 1.49. The van der Waals surface area contributed by atoms with Crippen LogP contribution < -0.4 is 14.8 Å². The zero-order chi connectivity index (χ0) is 24.7. The molecule has 0 saturated heterocycles. The van der Waals surface area contributed by atoms with Gasteiger partial charge in [0.05, 0.1) is 25.9 Å². The van der Waals surface area contributed by atoms with Crippen LogP contribution in [0, 0.1) is 21.8 Å². The van der Waals surface area contributed by atoms with Gasteiger partial charge < -0.3 is 14.8 Å². The van der Waals surface area contributed by atoms with E-state index in [0.29, 0.717) is 41.0 Å². The minimum Gasteiger partial charge on any atom is -0.490 e. The van der Waals surface area contributed by atoms with Gasteiger partial charge in [0.2, 0.25) is 0 Å². The number of nitriles is 1. The molecule has 0 fully saturated rings. The van der Waals surface area contributed by atoms with Crippen LogP contribution in [0.15, 0.2) is 60.2 Å². The van der Waals surface area contributed by atoms with E-state index in [4.69, 9.17) is 32.7 Å². The number of ether oxygens (including phenoxy) is 2. The van der Waals surface area contributed by atoms with Crippen molar-refractivity contribution < 1.29 is 14.3 Å². The molecule has 0 spiro atoms. The monoisotopic (exact) mass is 606 g/mol. The fourth-order valence-electron chi connectivity index (χ4n) is 3.02. The molecule has 0 aliphatic carbocycles. The first-order valence-electron chi connectivity index (χ1n) is 10.3. The van der Waals surface area contributed by atoms with E-state index in [-0.39, 0.29) is 10.6 Å². The third kappa shape index (κ3) is 6.66. The SMILES string of the molecule is CCOc1cc(/C=C(/C#N)C(=O)Nc2cccc(Cl)c2Cl)cc(I)c1OCc1ccc(C)cc1. The van der Waals surface area contributed by atoms with Gasteiger partial charge in [0, 0.05) is 0 Å². The number of carbonyl (C=O) groups is 1. The number of hydrogen-bond donors (Lipinski definition) is 1. The summed E-state index contributed by atoms with van der Waals surface area (Å²) in [5.74, 6) is 0.538. The van der Waals surface area contributed by atoms with E-state index in [2.05, 4.69) is 27.9 Å². The van der Waals surface area contributed by atoms with Crippen molar-refractivity contribution in [3.8, 4) is 17.6 Å². The highest BCUT2D eigenvalue weighted by Gasteiger charge is 2.16. The standard InChI is InChI=1S/C26H21Cl2IN2O3/c1-3-33-23-13-18(12-21(29)25(23)34-15-17-9-7-16(2)8-10-17)11-19(14-30)26(32)31-22-6-4-5-20(27)24(22)28/h4-13H,3,15H2,1-2H3,(H,31,32)/b19-11-. The van der Waals surface area contributed by atoms with E-state index < -0.39 is 5.91 Å². The topological polar surface area (TPSA) is 71.3 Å². The molecule has 1 N–H and O–H groups in total. The highest BCUT2D eigenvalue weighted by molar-refractivity contribution is 14.1. The highest BCUT2D eigenvalue weighted by atomic mass is 127. The summed E-state index contributed by atoms with van der Waals surface area (Å²) in [5.41, 5.74) is 3.07. The van der Waals surface area contributed by atoms with E-state index in [1.807, 2.05) is 50.2 Å². The fraction of sp³-hybridized carbons (Fsp3) is 0.154. The summed E-state index contributed by atoms with van der Waals surface area (Å²) < 4.78 is 12.6. The van der Waals surface area contributed by atoms with Gasteiger partial charge in [0.25, 0.3) is 5.91 Å². The third-order valence-electron chi connectivity index (χ3n) is 4.71. The molecule has 3 aromatic rings. The Labute approximate surface area is 222 Å². The van der Waals surface area contributed by atoms with Crippen molar-refractivity contribution in [1.29, 1.82) is 5.26 Å². The van der Waals surface area contributed by atoms with E-state index in [9.17, 15) is 10.1 Å². The number of aryl methyl sites for hydroxylation is 1. The summed E-state index contributed by atoms with van der Waals surface area (Å²) in [7, 11) is 0. The summed E-state index contributed by atoms with van der Waals surface area (Å²) >= 11 is 14.3. The van der Waals surface area contributed by atoms with Gasteiger partial charge in [0.1, 0.15) is 18.2 Å². The van der Waals surface area contributed by atoms with E-state index in [0.717, 1.165) is 9.13 Å². The zero-order valence-electron chi connectivity index (χ0n) is 18.5. The molecular weight excluding hydrogens is 586 g/mol. The summed E-state index contributed by atoms with van der Waals surface area (Å²) in [6, 6.07) is 18.5. The van der Waals surface area contributed by atoms with Crippen LogP contribution in [-0.2, 0) is 11.4 Å². The van der Waals surface area contributed by atoms with Crippen molar-refractivity contribution in [2.45, 2.75) is 20.5 Å². The number of rotatable bonds is 8. The first kappa shape index (κ1) is 25.9. The molecule has 0 radical (unpaired) electrons. The van der Waals surface area contributed by atoms with Gasteiger partial charge in [-0.2, -0.15) is 5.26 Å². The Morgan fingerprint density at radius 3 is 2.56 bits per heavy atom. The van der Waals surface area contributed by atoms with Crippen LogP contribution >= 0.6 is 45.8 Å². The summed E-state index contributed by atoms with van der Waals surface area (Å²) in [6.45, 7) is 4.73. The maximum Gasteiger partial charge on any atom is 0.266 e. The number of amides is 1. The zero-order valence-corrected chi connectivity index (χ0v) is 22.2. The molecule has 8 heteroatoms. The molecule has 0 unspecified atom stereocenters. The van der Waals surface area contributed by atoms with Crippen LogP contribution in [0.3, 0.4) is 0 Å². The van der Waals surface area contributed by atoms with Crippen LogP contribution in [-0.4, -0.2) is 12.5 Å². The molecule has 0 aromatic heterocycles. The Hall–Kier alpha value is -2.73. The molecule has 0 saturated carbocycles. The number of anilines is 1. The molecule has 3 rings (SSSR count). The number of halogens is 3. The fourth-order valence-corrected chi connectivity index (χ4v) is 4.15. The quantitative estimate of drug-likeness (QED) is 0.164. The van der Waals surface area contributed by atoms with Gasteiger partial charge in [-0.15, -0.1) is 0 Å². The average Bonchev–Trinajstić information content (AvgIpc) is 2.81. The Balaban J connectivity index is 1.86. The van der Waals surface area contributed by atoms with Crippen LogP contribution in [0.1, 0.15) is 23.6 Å². The molecule has 3 aromatic carbocycles. The average molecular weight is 607 g/mol. The second-order valence-corrected chi connectivity index (χ2v) is 9.21. The first-order chi connectivity index (χ1) is 16.3. The van der Waals surface area contributed by atoms with E-state index in [1.54, 1.807) is 24.3 Å². The predicted octanol–water partition coefficient (Wildman–Crippen LogP) is 7.43. The number of benzene rings is 3. The second-order valence-electron chi connectivity index (χ2n) is 7.26. The van der Waals surface area contributed by atoms with Crippen LogP contribution in [0.2, 0.25) is 10.0 Å². The van der Waals surface area contributed by atoms with E-state index in [1.165, 1.54) is 11.6 Å². The van der Waals surface area contributed by atoms with Gasteiger partial charge in [-0.1, -0.05) is 59.1 Å². The van der Waals surface area contributed by atoms with Gasteiger partial charge in [-0.05, 0) is 77.9 Å². The number of hydrogen-bond acceptors (Lipinski definition) is 4. The first-order valence-corrected chi connectivity index (χ1v) is 12.2. The van der Waals surface area contributed by atoms with Crippen molar-refractivity contribution in [3.05, 3.63) is 90.5 Å². The van der Waals surface area contributed by atoms with Crippen LogP contribution in [0.5, 0.6) is 11.5 Å². The van der Waals surface area contributed by atoms with Crippen molar-refractivity contribution in [2.75, 3.05) is 11.9 Å². The molecule has 0 atom stereocenters. The number of nitrogens with one attached hydrogen (secondary N) is 1. The lowest BCUT2D eigenvalue weighted by molar-refractivity contribution is -0.112. The smallest absolute Gasteiger partial charge is 0.266 e. The summed E-state index contributed by atoms with van der Waals surface area (Å²) in [4.78, 5) is 12.7. The summed E-state index contributed by atoms with van der Waals surface area (Å²) in [5, 5.41) is 12.7. The number of nitrogens with zero attached hydrogens (tertiary/aromatic N) is 1. The minimum absolute atomic E-state index is 0.0948. The van der Waals surface area contributed by atoms with Gasteiger partial charge in [0.15, 0.2) is 11.5 Å². The Kier molecular flexibility index (Phi) is 9.22. The normalized spacial score (nSPS) is 11.0. The third-order valence-corrected chi connectivity index (χ3v) is 6.33. The number of carbonyl (C=O) groups excluding carboxylic acids is 1. The Morgan fingerprint density at radius 1 is 1.15 bits per heavy atom. The molecule has 0 aliphatic rings. The second kappa shape index (κ2) is 12.1. The van der Waals surface area contributed by atoms with Crippen molar-refractivity contribution >= 4 is 63.5 Å². The molecule has 34 heavy (non-hydrogen) atoms. The molecule has 5 nitrogen and oxygen atoms in total. The lowest BCUT2D eigenvalue weighted by Gasteiger charge is -2.15. The molecule has 0 bridgehead atoms. The van der Waals surface area contributed by atoms with Crippen molar-refractivity contribution in [2.24, 2.45) is 0 Å². The van der Waals surface area contributed by atoms with Gasteiger partial charge in [-0.3, -0.25) is 4.79 Å². The Morgan fingerprint density at radius 2 is 1.88 bits per heavy atom. The molecule has 0 heterocycles. The molecular formula is C26H21Cl2IN2O3. The maximum atomic E-state index is 12.7. The van der Waals surface area contributed by atoms with Crippen LogP contribution in [0.4, 0.5) is 5.69 Å². The van der Waals surface area contributed by atoms with E-state index >= 15 is 0 Å². The molecule has 174 valence electrons. The molecule has 1 amide bonds. The maximum absolute atomic E-state index is 12.7. The Bertz CT molecular complexity index is 1270. The van der Waals surface area contributed by atoms with Gasteiger partial charge in [-0.25, -0.2) is 0 Å². The lowest BCUT2D eigenvalue weighted by atomic mass is 10.1. The highest BCUT2D eigenvalue weighted by Crippen LogP contribution is 2.36. The largest absolute Gasteiger partial charge is 0.490 e. The van der Waals surface area contributed by atoms with Crippen molar-refractivity contribution in [3.63, 3.8) is 0 Å².